The number of hydrogen-bond acceptors (Lipinski definition) is 7. The van der Waals surface area contributed by atoms with E-state index in [1.807, 2.05) is 115 Å². The number of aliphatic imine (C=N–C) groups is 1. The molecule has 0 amide bonds. The predicted molar refractivity (Wildman–Crippen MR) is 178 cm³/mol. The number of furan rings is 1. The van der Waals surface area contributed by atoms with Crippen LogP contribution in [0.5, 0.6) is 0 Å². The van der Waals surface area contributed by atoms with Crippen LogP contribution in [0.2, 0.25) is 0 Å². The number of benzene rings is 4. The van der Waals surface area contributed by atoms with E-state index in [1.165, 1.54) is 0 Å². The van der Waals surface area contributed by atoms with Crippen molar-refractivity contribution < 1.29 is 24.5 Å². The van der Waals surface area contributed by atoms with Crippen LogP contribution in [0.3, 0.4) is 0 Å². The molecule has 45 heavy (non-hydrogen) atoms. The molecular formula is C37H32IrN6O-6. The molecule has 0 N–H and O–H groups in total. The van der Waals surface area contributed by atoms with Gasteiger partial charge < -0.3 is 33.9 Å². The fourth-order valence-corrected chi connectivity index (χ4v) is 5.40. The van der Waals surface area contributed by atoms with Crippen LogP contribution in [-0.4, -0.2) is 35.8 Å². The summed E-state index contributed by atoms with van der Waals surface area (Å²) in [5, 5.41) is 2.27. The molecule has 4 heterocycles. The SMILES string of the molecule is CN1C=CN(c2[c-]ccc3c2oc2ccccc23)[CH-]1.[Ir].[c-]1ccccc1N1C=NC(CCCN2C=CN(c3[c-]cccc3)[CH-]2)[CH-]1. The van der Waals surface area contributed by atoms with E-state index in [1.54, 1.807) is 0 Å². The fraction of sp³-hybridized carbons (Fsp3) is 0.135. The largest absolute Gasteiger partial charge is 0.514 e. The molecule has 1 unspecified atom stereocenters. The molecule has 7 nitrogen and oxygen atoms in total. The predicted octanol–water partition coefficient (Wildman–Crippen LogP) is 7.58. The summed E-state index contributed by atoms with van der Waals surface area (Å²) >= 11 is 0. The standard InChI is InChI=1S/C21H20N4.C16H12N2O.Ir/c1-3-9-20(10-4-1)24-15-14-23(18-24)13-7-8-19-16-25(17-22-19)21-11-5-2-6-12-21;1-17-9-10-18(11-17)14-7-4-6-13-12-5-2-3-8-15(12)19-16(13)14;/h1-6,9,11,14-19H,7-8,13H2;2-6,8-11H,1H3;/q-4;-2;. The number of rotatable bonds is 7. The molecule has 0 bridgehead atoms. The number of para-hydroxylation sites is 3. The number of anilines is 3. The molecule has 0 saturated carbocycles. The second-order valence-corrected chi connectivity index (χ2v) is 10.7. The summed E-state index contributed by atoms with van der Waals surface area (Å²) in [6.07, 6.45) is 12.2. The third kappa shape index (κ3) is 6.93. The number of fused-ring (bicyclic) bond motifs is 3. The van der Waals surface area contributed by atoms with Gasteiger partial charge in [-0.3, -0.25) is 0 Å². The van der Waals surface area contributed by atoms with Crippen LogP contribution >= 0.6 is 0 Å². The van der Waals surface area contributed by atoms with Gasteiger partial charge in [0.05, 0.1) is 6.34 Å². The summed E-state index contributed by atoms with van der Waals surface area (Å²) in [7, 11) is 2.00. The van der Waals surface area contributed by atoms with Gasteiger partial charge in [-0.1, -0.05) is 41.7 Å². The van der Waals surface area contributed by atoms with Crippen molar-refractivity contribution >= 4 is 45.3 Å². The molecule has 3 aliphatic rings. The van der Waals surface area contributed by atoms with Gasteiger partial charge in [-0.2, -0.15) is 92.2 Å². The van der Waals surface area contributed by atoms with Crippen molar-refractivity contribution in [2.75, 3.05) is 28.3 Å². The zero-order valence-corrected chi connectivity index (χ0v) is 27.2. The molecule has 0 fully saturated rings. The van der Waals surface area contributed by atoms with E-state index in [-0.39, 0.29) is 26.1 Å². The van der Waals surface area contributed by atoms with Crippen LogP contribution in [0, 0.1) is 38.1 Å². The smallest absolute Gasteiger partial charge is 0.116 e. The van der Waals surface area contributed by atoms with Gasteiger partial charge in [-0.05, 0) is 50.9 Å². The minimum absolute atomic E-state index is 0. The second kappa shape index (κ2) is 14.1. The van der Waals surface area contributed by atoms with Gasteiger partial charge in [-0.25, -0.2) is 6.54 Å². The Morgan fingerprint density at radius 3 is 2.27 bits per heavy atom. The summed E-state index contributed by atoms with van der Waals surface area (Å²) in [5.41, 5.74) is 4.83. The van der Waals surface area contributed by atoms with Crippen molar-refractivity contribution in [3.8, 4) is 0 Å². The number of nitrogens with zero attached hydrogens (tertiary/aromatic N) is 6. The molecule has 0 aliphatic carbocycles. The Kier molecular flexibility index (Phi) is 9.53. The Morgan fingerprint density at radius 2 is 1.51 bits per heavy atom. The maximum Gasteiger partial charge on any atom is 0.116 e. The molecular weight excluding hydrogens is 737 g/mol. The summed E-state index contributed by atoms with van der Waals surface area (Å²) in [6.45, 7) is 7.26. The topological polar surface area (TPSA) is 41.7 Å². The third-order valence-corrected chi connectivity index (χ3v) is 7.61. The van der Waals surface area contributed by atoms with Crippen LogP contribution < -0.4 is 14.7 Å². The first kappa shape index (κ1) is 30.5. The zero-order valence-electron chi connectivity index (χ0n) is 24.8. The molecule has 8 heteroatoms. The van der Waals surface area contributed by atoms with Crippen LogP contribution in [0.25, 0.3) is 21.9 Å². The average Bonchev–Trinajstić information content (AvgIpc) is 3.89. The van der Waals surface area contributed by atoms with Crippen LogP contribution in [0.1, 0.15) is 12.8 Å². The van der Waals surface area contributed by atoms with Gasteiger partial charge in [-0.15, -0.1) is 11.4 Å². The Bertz CT molecular complexity index is 1720. The second-order valence-electron chi connectivity index (χ2n) is 10.7. The Hall–Kier alpha value is -4.52. The molecule has 1 radical (unpaired) electrons. The molecule has 8 rings (SSSR count). The van der Waals surface area contributed by atoms with Gasteiger partial charge in [0, 0.05) is 31.1 Å². The van der Waals surface area contributed by atoms with E-state index in [9.17, 15) is 0 Å². The first-order chi connectivity index (χ1) is 21.7. The monoisotopic (exact) mass is 769 g/mol. The van der Waals surface area contributed by atoms with E-state index >= 15 is 0 Å². The van der Waals surface area contributed by atoms with Crippen molar-refractivity contribution in [3.05, 3.63) is 148 Å². The van der Waals surface area contributed by atoms with Gasteiger partial charge in [0.1, 0.15) is 5.58 Å². The Balaban J connectivity index is 0.000000160. The molecule has 1 atom stereocenters. The van der Waals surface area contributed by atoms with Crippen molar-refractivity contribution in [2.45, 2.75) is 18.9 Å². The summed E-state index contributed by atoms with van der Waals surface area (Å²) in [5.74, 6) is 0. The first-order valence-electron chi connectivity index (χ1n) is 14.7. The molecule has 1 aromatic heterocycles. The van der Waals surface area contributed by atoms with Crippen LogP contribution in [0.4, 0.5) is 17.1 Å². The van der Waals surface area contributed by atoms with E-state index in [4.69, 9.17) is 4.42 Å². The maximum atomic E-state index is 5.99. The zero-order chi connectivity index (χ0) is 29.7. The summed E-state index contributed by atoms with van der Waals surface area (Å²) in [6, 6.07) is 38.0. The molecule has 5 aromatic rings. The summed E-state index contributed by atoms with van der Waals surface area (Å²) in [4.78, 5) is 15.0. The summed E-state index contributed by atoms with van der Waals surface area (Å²) < 4.78 is 5.99. The van der Waals surface area contributed by atoms with E-state index in [0.717, 1.165) is 58.4 Å². The van der Waals surface area contributed by atoms with Crippen LogP contribution in [-0.2, 0) is 20.1 Å². The van der Waals surface area contributed by atoms with Crippen LogP contribution in [0.15, 0.2) is 119 Å². The fourth-order valence-electron chi connectivity index (χ4n) is 5.40. The van der Waals surface area contributed by atoms with Gasteiger partial charge in [0.25, 0.3) is 0 Å². The van der Waals surface area contributed by atoms with E-state index in [0.29, 0.717) is 0 Å². The van der Waals surface area contributed by atoms with Gasteiger partial charge in [0.2, 0.25) is 0 Å². The molecule has 231 valence electrons. The van der Waals surface area contributed by atoms with E-state index in [2.05, 4.69) is 75.6 Å². The van der Waals surface area contributed by atoms with Crippen molar-refractivity contribution in [1.82, 2.24) is 9.80 Å². The van der Waals surface area contributed by atoms with Gasteiger partial charge in [0.15, 0.2) is 0 Å². The van der Waals surface area contributed by atoms with Crippen molar-refractivity contribution in [3.63, 3.8) is 0 Å². The normalized spacial score (nSPS) is 17.0. The minimum Gasteiger partial charge on any atom is -0.514 e. The maximum absolute atomic E-state index is 5.99. The Labute approximate surface area is 278 Å². The Morgan fingerprint density at radius 1 is 0.756 bits per heavy atom. The molecule has 3 aliphatic heterocycles. The van der Waals surface area contributed by atoms with Crippen molar-refractivity contribution in [2.24, 2.45) is 4.99 Å². The van der Waals surface area contributed by atoms with E-state index < -0.39 is 0 Å². The third-order valence-electron chi connectivity index (χ3n) is 7.61. The molecule has 0 spiro atoms. The average molecular weight is 769 g/mol. The molecule has 0 saturated heterocycles. The quantitative estimate of drug-likeness (QED) is 0.159. The first-order valence-corrected chi connectivity index (χ1v) is 14.7. The number of hydrogen-bond donors (Lipinski definition) is 0. The molecule has 4 aromatic carbocycles. The van der Waals surface area contributed by atoms with Gasteiger partial charge >= 0.3 is 0 Å². The minimum atomic E-state index is 0. The van der Waals surface area contributed by atoms with Crippen molar-refractivity contribution in [1.29, 1.82) is 0 Å².